The molecule has 1 atom stereocenters. The highest BCUT2D eigenvalue weighted by atomic mass is 32.2. The van der Waals surface area contributed by atoms with E-state index in [0.29, 0.717) is 25.6 Å². The van der Waals surface area contributed by atoms with E-state index < -0.39 is 10.0 Å². The third-order valence-electron chi connectivity index (χ3n) is 4.80. The molecule has 0 amide bonds. The Morgan fingerprint density at radius 1 is 1.15 bits per heavy atom. The van der Waals surface area contributed by atoms with E-state index in [-0.39, 0.29) is 5.75 Å². The zero-order valence-electron chi connectivity index (χ0n) is 16.4. The number of hydrogen-bond donors (Lipinski definition) is 3. The summed E-state index contributed by atoms with van der Waals surface area (Å²) in [6.07, 6.45) is 3.21. The monoisotopic (exact) mass is 395 g/mol. The molecule has 3 N–H and O–H groups in total. The first-order chi connectivity index (χ1) is 13.1. The zero-order chi connectivity index (χ0) is 19.5. The minimum Gasteiger partial charge on any atom is -0.356 e. The van der Waals surface area contributed by atoms with Gasteiger partial charge in [-0.1, -0.05) is 30.3 Å². The maximum Gasteiger partial charge on any atom is 0.211 e. The van der Waals surface area contributed by atoms with Gasteiger partial charge in [0.15, 0.2) is 5.96 Å². The molecule has 1 aromatic rings. The minimum atomic E-state index is -3.12. The minimum absolute atomic E-state index is 0.112. The quantitative estimate of drug-likeness (QED) is 0.316. The predicted octanol–water partition coefficient (Wildman–Crippen LogP) is 1.32. The second-order valence-electron chi connectivity index (χ2n) is 6.70. The number of nitrogens with one attached hydrogen (secondary N) is 3. The van der Waals surface area contributed by atoms with Crippen LogP contribution in [0.15, 0.2) is 35.3 Å². The van der Waals surface area contributed by atoms with Crippen molar-refractivity contribution >= 4 is 16.0 Å². The SMILES string of the molecule is CCS(=O)(=O)NCCCNC(=NC)NCC(c1ccccc1)N1CCCC1. The molecule has 1 heterocycles. The molecule has 27 heavy (non-hydrogen) atoms. The molecule has 0 saturated carbocycles. The summed E-state index contributed by atoms with van der Waals surface area (Å²) >= 11 is 0. The fraction of sp³-hybridized carbons (Fsp3) is 0.632. The highest BCUT2D eigenvalue weighted by Crippen LogP contribution is 2.24. The summed E-state index contributed by atoms with van der Waals surface area (Å²) in [4.78, 5) is 6.80. The van der Waals surface area contributed by atoms with Crippen LogP contribution in [0.25, 0.3) is 0 Å². The molecule has 1 aromatic carbocycles. The van der Waals surface area contributed by atoms with E-state index in [2.05, 4.69) is 49.5 Å². The van der Waals surface area contributed by atoms with Crippen LogP contribution in [0.1, 0.15) is 37.8 Å². The van der Waals surface area contributed by atoms with Crippen LogP contribution in [0.5, 0.6) is 0 Å². The number of benzene rings is 1. The van der Waals surface area contributed by atoms with Crippen LogP contribution in [0.2, 0.25) is 0 Å². The molecule has 1 fully saturated rings. The third kappa shape index (κ3) is 7.48. The number of nitrogens with zero attached hydrogens (tertiary/aromatic N) is 2. The predicted molar refractivity (Wildman–Crippen MR) is 111 cm³/mol. The maximum atomic E-state index is 11.4. The van der Waals surface area contributed by atoms with Crippen LogP contribution < -0.4 is 15.4 Å². The van der Waals surface area contributed by atoms with Crippen LogP contribution >= 0.6 is 0 Å². The molecule has 1 aliphatic rings. The number of rotatable bonds is 10. The first-order valence-corrected chi connectivity index (χ1v) is 11.4. The van der Waals surface area contributed by atoms with E-state index in [1.165, 1.54) is 18.4 Å². The highest BCUT2D eigenvalue weighted by molar-refractivity contribution is 7.89. The summed E-state index contributed by atoms with van der Waals surface area (Å²) < 4.78 is 25.4. The smallest absolute Gasteiger partial charge is 0.211 e. The van der Waals surface area contributed by atoms with Gasteiger partial charge in [0.05, 0.1) is 11.8 Å². The third-order valence-corrected chi connectivity index (χ3v) is 6.20. The molecule has 8 heteroatoms. The van der Waals surface area contributed by atoms with E-state index in [1.807, 2.05) is 6.07 Å². The van der Waals surface area contributed by atoms with Gasteiger partial charge in [0.1, 0.15) is 0 Å². The number of hydrogen-bond acceptors (Lipinski definition) is 4. The summed E-state index contributed by atoms with van der Waals surface area (Å²) in [5, 5.41) is 6.68. The van der Waals surface area contributed by atoms with Crippen molar-refractivity contribution in [3.8, 4) is 0 Å². The molecule has 7 nitrogen and oxygen atoms in total. The van der Waals surface area contributed by atoms with Crippen molar-refractivity contribution in [3.05, 3.63) is 35.9 Å². The van der Waals surface area contributed by atoms with E-state index in [0.717, 1.165) is 25.6 Å². The molecule has 1 aliphatic heterocycles. The average molecular weight is 396 g/mol. The van der Waals surface area contributed by atoms with E-state index in [4.69, 9.17) is 0 Å². The Kier molecular flexibility index (Phi) is 9.03. The molecule has 1 unspecified atom stereocenters. The Morgan fingerprint density at radius 2 is 1.85 bits per heavy atom. The van der Waals surface area contributed by atoms with Crippen LogP contribution in [0, 0.1) is 0 Å². The summed E-state index contributed by atoms with van der Waals surface area (Å²) in [5.74, 6) is 0.856. The van der Waals surface area contributed by atoms with Crippen LogP contribution in [0.3, 0.4) is 0 Å². The molecule has 0 radical (unpaired) electrons. The number of aliphatic imine (C=N–C) groups is 1. The van der Waals surface area contributed by atoms with Gasteiger partial charge in [-0.25, -0.2) is 13.1 Å². The molecule has 0 aliphatic carbocycles. The normalized spacial score (nSPS) is 17.0. The molecule has 0 spiro atoms. The molecule has 0 bridgehead atoms. The number of sulfonamides is 1. The summed E-state index contributed by atoms with van der Waals surface area (Å²) in [7, 11) is -1.36. The second kappa shape index (κ2) is 11.3. The molecule has 0 aromatic heterocycles. The average Bonchev–Trinajstić information content (AvgIpc) is 3.21. The van der Waals surface area contributed by atoms with Crippen molar-refractivity contribution in [1.82, 2.24) is 20.3 Å². The topological polar surface area (TPSA) is 85.8 Å². The maximum absolute atomic E-state index is 11.4. The van der Waals surface area contributed by atoms with Gasteiger partial charge in [0.2, 0.25) is 10.0 Å². The van der Waals surface area contributed by atoms with Gasteiger partial charge in [-0.3, -0.25) is 9.89 Å². The standard InChI is InChI=1S/C19H33N5O2S/c1-3-27(25,26)23-13-9-12-21-19(20-2)22-16-18(24-14-7-8-15-24)17-10-5-4-6-11-17/h4-6,10-11,18,23H,3,7-9,12-16H2,1-2H3,(H2,20,21,22). The van der Waals surface area contributed by atoms with Gasteiger partial charge in [0, 0.05) is 26.7 Å². The Bertz CT molecular complexity index is 673. The fourth-order valence-electron chi connectivity index (χ4n) is 3.23. The molecule has 2 rings (SSSR count). The Balaban J connectivity index is 1.80. The zero-order valence-corrected chi connectivity index (χ0v) is 17.3. The van der Waals surface area contributed by atoms with Crippen molar-refractivity contribution in [2.45, 2.75) is 32.2 Å². The van der Waals surface area contributed by atoms with Crippen molar-refractivity contribution in [3.63, 3.8) is 0 Å². The first kappa shape index (κ1) is 21.7. The van der Waals surface area contributed by atoms with Crippen molar-refractivity contribution in [1.29, 1.82) is 0 Å². The van der Waals surface area contributed by atoms with Gasteiger partial charge >= 0.3 is 0 Å². The van der Waals surface area contributed by atoms with Crippen LogP contribution in [-0.2, 0) is 10.0 Å². The lowest BCUT2D eigenvalue weighted by molar-refractivity contribution is 0.245. The number of guanidine groups is 1. The molecular formula is C19H33N5O2S. The van der Waals surface area contributed by atoms with Gasteiger partial charge in [-0.2, -0.15) is 0 Å². The van der Waals surface area contributed by atoms with Crippen molar-refractivity contribution < 1.29 is 8.42 Å². The Morgan fingerprint density at radius 3 is 2.48 bits per heavy atom. The lowest BCUT2D eigenvalue weighted by Crippen LogP contribution is -2.43. The number of likely N-dealkylation sites (tertiary alicyclic amines) is 1. The van der Waals surface area contributed by atoms with Crippen molar-refractivity contribution in [2.24, 2.45) is 4.99 Å². The first-order valence-electron chi connectivity index (χ1n) is 9.76. The van der Waals surface area contributed by atoms with Crippen LogP contribution in [0.4, 0.5) is 0 Å². The van der Waals surface area contributed by atoms with E-state index in [9.17, 15) is 8.42 Å². The van der Waals surface area contributed by atoms with E-state index >= 15 is 0 Å². The highest BCUT2D eigenvalue weighted by Gasteiger charge is 2.23. The van der Waals surface area contributed by atoms with Gasteiger partial charge in [-0.05, 0) is 44.8 Å². The van der Waals surface area contributed by atoms with E-state index in [1.54, 1.807) is 14.0 Å². The Labute approximate surface area is 163 Å². The second-order valence-corrected chi connectivity index (χ2v) is 8.80. The van der Waals surface area contributed by atoms with Gasteiger partial charge in [0.25, 0.3) is 0 Å². The summed E-state index contributed by atoms with van der Waals surface area (Å²) in [5.41, 5.74) is 1.32. The summed E-state index contributed by atoms with van der Waals surface area (Å²) in [6, 6.07) is 10.9. The van der Waals surface area contributed by atoms with Gasteiger partial charge < -0.3 is 10.6 Å². The lowest BCUT2D eigenvalue weighted by atomic mass is 10.1. The summed E-state index contributed by atoms with van der Waals surface area (Å²) in [6.45, 7) is 5.77. The molecular weight excluding hydrogens is 362 g/mol. The molecule has 1 saturated heterocycles. The van der Waals surface area contributed by atoms with Gasteiger partial charge in [-0.15, -0.1) is 0 Å². The largest absolute Gasteiger partial charge is 0.356 e. The molecule has 152 valence electrons. The van der Waals surface area contributed by atoms with Crippen molar-refractivity contribution in [2.75, 3.05) is 45.5 Å². The fourth-order valence-corrected chi connectivity index (χ4v) is 3.88. The lowest BCUT2D eigenvalue weighted by Gasteiger charge is -2.29. The van der Waals surface area contributed by atoms with Crippen LogP contribution in [-0.4, -0.2) is 64.8 Å². The Hall–Kier alpha value is -1.64.